The van der Waals surface area contributed by atoms with Crippen LogP contribution in [0.3, 0.4) is 0 Å². The maximum Gasteiger partial charge on any atom is 0.209 e. The highest BCUT2D eigenvalue weighted by Gasteiger charge is 2.17. The first-order valence-electron chi connectivity index (χ1n) is 5.88. The van der Waals surface area contributed by atoms with Crippen LogP contribution in [0.15, 0.2) is 0 Å². The molecule has 1 unspecified atom stereocenters. The SMILES string of the molecule is CCC(COc1c(C)nn(C)c1C)CS(N)(=O)=O. The maximum absolute atomic E-state index is 11.1. The summed E-state index contributed by atoms with van der Waals surface area (Å²) in [5, 5.41) is 9.28. The van der Waals surface area contributed by atoms with Crippen LogP contribution in [0.25, 0.3) is 0 Å². The van der Waals surface area contributed by atoms with Crippen LogP contribution in [0.4, 0.5) is 0 Å². The summed E-state index contributed by atoms with van der Waals surface area (Å²) < 4.78 is 29.5. The van der Waals surface area contributed by atoms with E-state index in [0.29, 0.717) is 13.0 Å². The number of hydrogen-bond donors (Lipinski definition) is 1. The molecule has 1 heterocycles. The number of primary sulfonamides is 1. The van der Waals surface area contributed by atoms with Crippen molar-refractivity contribution in [1.29, 1.82) is 0 Å². The Labute approximate surface area is 108 Å². The average molecular weight is 275 g/mol. The van der Waals surface area contributed by atoms with Crippen molar-refractivity contribution in [3.8, 4) is 5.75 Å². The molecule has 1 aromatic rings. The van der Waals surface area contributed by atoms with Crippen molar-refractivity contribution in [2.45, 2.75) is 27.2 Å². The van der Waals surface area contributed by atoms with Crippen molar-refractivity contribution >= 4 is 10.0 Å². The lowest BCUT2D eigenvalue weighted by atomic mass is 10.1. The van der Waals surface area contributed by atoms with Gasteiger partial charge in [-0.2, -0.15) is 5.10 Å². The summed E-state index contributed by atoms with van der Waals surface area (Å²) in [5.74, 6) is 0.575. The second-order valence-corrected chi connectivity index (χ2v) is 6.20. The molecule has 0 radical (unpaired) electrons. The number of ether oxygens (including phenoxy) is 1. The third-order valence-electron chi connectivity index (χ3n) is 2.95. The van der Waals surface area contributed by atoms with E-state index < -0.39 is 10.0 Å². The van der Waals surface area contributed by atoms with Gasteiger partial charge < -0.3 is 4.74 Å². The molecule has 1 rings (SSSR count). The van der Waals surface area contributed by atoms with E-state index in [2.05, 4.69) is 5.10 Å². The highest BCUT2D eigenvalue weighted by atomic mass is 32.2. The molecule has 2 N–H and O–H groups in total. The monoisotopic (exact) mass is 275 g/mol. The van der Waals surface area contributed by atoms with Gasteiger partial charge in [-0.25, -0.2) is 13.6 Å². The fourth-order valence-electron chi connectivity index (χ4n) is 1.78. The summed E-state index contributed by atoms with van der Waals surface area (Å²) in [6.45, 7) is 6.03. The van der Waals surface area contributed by atoms with Gasteiger partial charge in [0.2, 0.25) is 10.0 Å². The Morgan fingerprint density at radius 1 is 1.44 bits per heavy atom. The summed E-state index contributed by atoms with van der Waals surface area (Å²) in [4.78, 5) is 0. The van der Waals surface area contributed by atoms with Gasteiger partial charge in [-0.05, 0) is 20.3 Å². The molecule has 0 fully saturated rings. The third kappa shape index (κ3) is 3.99. The van der Waals surface area contributed by atoms with E-state index in [1.54, 1.807) is 4.68 Å². The van der Waals surface area contributed by atoms with Crippen LogP contribution in [-0.2, 0) is 17.1 Å². The van der Waals surface area contributed by atoms with Gasteiger partial charge in [0.25, 0.3) is 0 Å². The fourth-order valence-corrected chi connectivity index (χ4v) is 2.77. The highest BCUT2D eigenvalue weighted by molar-refractivity contribution is 7.89. The van der Waals surface area contributed by atoms with E-state index in [0.717, 1.165) is 17.1 Å². The van der Waals surface area contributed by atoms with Gasteiger partial charge in [0.05, 0.1) is 18.1 Å². The van der Waals surface area contributed by atoms with Crippen LogP contribution in [-0.4, -0.2) is 30.6 Å². The Kier molecular flexibility index (Phi) is 4.75. The van der Waals surface area contributed by atoms with Crippen LogP contribution in [0.1, 0.15) is 24.7 Å². The summed E-state index contributed by atoms with van der Waals surface area (Å²) in [6, 6.07) is 0. The third-order valence-corrected chi connectivity index (χ3v) is 3.89. The van der Waals surface area contributed by atoms with Crippen LogP contribution < -0.4 is 9.88 Å². The lowest BCUT2D eigenvalue weighted by Gasteiger charge is -2.14. The molecular formula is C11H21N3O3S. The minimum absolute atomic E-state index is 0.0537. The predicted molar refractivity (Wildman–Crippen MR) is 69.9 cm³/mol. The number of sulfonamides is 1. The lowest BCUT2D eigenvalue weighted by Crippen LogP contribution is -2.26. The molecule has 6 nitrogen and oxygen atoms in total. The first-order valence-corrected chi connectivity index (χ1v) is 7.59. The van der Waals surface area contributed by atoms with Crippen LogP contribution in [0.5, 0.6) is 5.75 Å². The first kappa shape index (κ1) is 15.0. The first-order chi connectivity index (χ1) is 8.24. The Morgan fingerprint density at radius 2 is 2.06 bits per heavy atom. The molecule has 0 aromatic carbocycles. The summed E-state index contributed by atoms with van der Waals surface area (Å²) in [6.07, 6.45) is 0.703. The minimum Gasteiger partial charge on any atom is -0.489 e. The largest absolute Gasteiger partial charge is 0.489 e. The zero-order chi connectivity index (χ0) is 13.9. The number of rotatable bonds is 6. The molecule has 104 valence electrons. The Balaban J connectivity index is 2.68. The summed E-state index contributed by atoms with van der Waals surface area (Å²) in [5.41, 5.74) is 1.73. The molecule has 0 amide bonds. The molecule has 1 aromatic heterocycles. The smallest absolute Gasteiger partial charge is 0.209 e. The molecule has 0 aliphatic heterocycles. The summed E-state index contributed by atoms with van der Waals surface area (Å²) in [7, 11) is -1.61. The molecule has 0 aliphatic carbocycles. The van der Waals surface area contributed by atoms with E-state index >= 15 is 0 Å². The molecule has 0 saturated carbocycles. The molecule has 0 spiro atoms. The van der Waals surface area contributed by atoms with Crippen molar-refractivity contribution in [2.24, 2.45) is 18.1 Å². The Bertz CT molecular complexity index is 508. The van der Waals surface area contributed by atoms with E-state index in [4.69, 9.17) is 9.88 Å². The maximum atomic E-state index is 11.1. The normalized spacial score (nSPS) is 13.6. The zero-order valence-electron chi connectivity index (χ0n) is 11.3. The average Bonchev–Trinajstić information content (AvgIpc) is 2.47. The number of nitrogens with zero attached hydrogens (tertiary/aromatic N) is 2. The van der Waals surface area contributed by atoms with Gasteiger partial charge in [0.1, 0.15) is 5.69 Å². The number of aryl methyl sites for hydroxylation is 2. The number of aromatic nitrogens is 2. The second-order valence-electron chi connectivity index (χ2n) is 4.54. The van der Waals surface area contributed by atoms with Crippen molar-refractivity contribution in [3.05, 3.63) is 11.4 Å². The highest BCUT2D eigenvalue weighted by Crippen LogP contribution is 2.22. The molecule has 7 heteroatoms. The number of hydrogen-bond acceptors (Lipinski definition) is 4. The molecule has 0 bridgehead atoms. The van der Waals surface area contributed by atoms with Crippen molar-refractivity contribution < 1.29 is 13.2 Å². The number of nitrogens with two attached hydrogens (primary N) is 1. The zero-order valence-corrected chi connectivity index (χ0v) is 12.1. The van der Waals surface area contributed by atoms with E-state index in [1.807, 2.05) is 27.8 Å². The van der Waals surface area contributed by atoms with Crippen molar-refractivity contribution in [1.82, 2.24) is 9.78 Å². The minimum atomic E-state index is -3.46. The van der Waals surface area contributed by atoms with E-state index in [-0.39, 0.29) is 11.7 Å². The van der Waals surface area contributed by atoms with Crippen molar-refractivity contribution in [3.63, 3.8) is 0 Å². The Morgan fingerprint density at radius 3 is 2.44 bits per heavy atom. The standard InChI is InChI=1S/C11H21N3O3S/c1-5-10(7-18(12,15)16)6-17-11-8(2)13-14(4)9(11)3/h10H,5-7H2,1-4H3,(H2,12,15,16). The van der Waals surface area contributed by atoms with Gasteiger partial charge in [-0.3, -0.25) is 4.68 Å². The van der Waals surface area contributed by atoms with Gasteiger partial charge in [-0.15, -0.1) is 0 Å². The second kappa shape index (κ2) is 5.71. The van der Waals surface area contributed by atoms with Gasteiger partial charge in [-0.1, -0.05) is 6.92 Å². The topological polar surface area (TPSA) is 87.2 Å². The Hall–Kier alpha value is -1.08. The van der Waals surface area contributed by atoms with Crippen LogP contribution in [0.2, 0.25) is 0 Å². The van der Waals surface area contributed by atoms with Gasteiger partial charge >= 0.3 is 0 Å². The van der Waals surface area contributed by atoms with Crippen molar-refractivity contribution in [2.75, 3.05) is 12.4 Å². The quantitative estimate of drug-likeness (QED) is 0.829. The summed E-state index contributed by atoms with van der Waals surface area (Å²) >= 11 is 0. The van der Waals surface area contributed by atoms with Crippen LogP contribution >= 0.6 is 0 Å². The predicted octanol–water partition coefficient (Wildman–Crippen LogP) is 0.730. The molecule has 0 aliphatic rings. The molecule has 1 atom stereocenters. The van der Waals surface area contributed by atoms with Crippen LogP contribution in [0, 0.1) is 19.8 Å². The molecular weight excluding hydrogens is 254 g/mol. The van der Waals surface area contributed by atoms with E-state index in [9.17, 15) is 8.42 Å². The molecule has 18 heavy (non-hydrogen) atoms. The van der Waals surface area contributed by atoms with Gasteiger partial charge in [0, 0.05) is 13.0 Å². The molecule has 0 saturated heterocycles. The van der Waals surface area contributed by atoms with E-state index in [1.165, 1.54) is 0 Å². The lowest BCUT2D eigenvalue weighted by molar-refractivity contribution is 0.254. The van der Waals surface area contributed by atoms with Gasteiger partial charge in [0.15, 0.2) is 5.75 Å². The fraction of sp³-hybridized carbons (Fsp3) is 0.727.